The molecule has 1 heterocycles. The Morgan fingerprint density at radius 2 is 1.85 bits per heavy atom. The zero-order valence-corrected chi connectivity index (χ0v) is 10.8. The summed E-state index contributed by atoms with van der Waals surface area (Å²) in [5.74, 6) is 0.0861. The number of hydrogen-bond donors (Lipinski definition) is 1. The fraction of sp³-hybridized carbons (Fsp3) is 0.0667. The van der Waals surface area contributed by atoms with Crippen molar-refractivity contribution in [3.05, 3.63) is 64.5 Å². The number of nitrogens with two attached hydrogens (primary N) is 1. The number of aryl methyl sites for hydroxylation is 1. The number of aromatic nitrogens is 2. The van der Waals surface area contributed by atoms with Gasteiger partial charge in [0.2, 0.25) is 0 Å². The molecular formula is C15H12FN3O. The van der Waals surface area contributed by atoms with Crippen LogP contribution in [0.15, 0.2) is 47.3 Å². The lowest BCUT2D eigenvalue weighted by Gasteiger charge is -2.11. The molecule has 4 nitrogen and oxygen atoms in total. The van der Waals surface area contributed by atoms with E-state index >= 15 is 0 Å². The zero-order chi connectivity index (χ0) is 14.3. The van der Waals surface area contributed by atoms with Gasteiger partial charge in [0.25, 0.3) is 5.56 Å². The Bertz CT molecular complexity index is 853. The first-order valence-corrected chi connectivity index (χ1v) is 6.11. The van der Waals surface area contributed by atoms with E-state index in [0.29, 0.717) is 22.7 Å². The summed E-state index contributed by atoms with van der Waals surface area (Å²) in [5.41, 5.74) is 7.09. The minimum Gasteiger partial charge on any atom is -0.399 e. The van der Waals surface area contributed by atoms with Gasteiger partial charge in [-0.2, -0.15) is 0 Å². The Labute approximate surface area is 114 Å². The number of fused-ring (bicyclic) bond motifs is 1. The van der Waals surface area contributed by atoms with Crippen LogP contribution in [-0.2, 0) is 0 Å². The van der Waals surface area contributed by atoms with Crippen molar-refractivity contribution in [3.8, 4) is 5.69 Å². The monoisotopic (exact) mass is 269 g/mol. The first kappa shape index (κ1) is 12.3. The van der Waals surface area contributed by atoms with E-state index in [4.69, 9.17) is 5.73 Å². The molecule has 0 spiro atoms. The molecule has 100 valence electrons. The maximum absolute atomic E-state index is 13.3. The highest BCUT2D eigenvalue weighted by Gasteiger charge is 2.10. The molecule has 0 unspecified atom stereocenters. The maximum Gasteiger partial charge on any atom is 0.266 e. The van der Waals surface area contributed by atoms with Gasteiger partial charge in [-0.1, -0.05) is 0 Å². The van der Waals surface area contributed by atoms with Crippen molar-refractivity contribution < 1.29 is 4.39 Å². The minimum absolute atomic E-state index is 0.257. The third-order valence-electron chi connectivity index (χ3n) is 3.15. The largest absolute Gasteiger partial charge is 0.399 e. The van der Waals surface area contributed by atoms with Crippen molar-refractivity contribution >= 4 is 16.6 Å². The second-order valence-electron chi connectivity index (χ2n) is 4.55. The molecule has 0 aliphatic rings. The van der Waals surface area contributed by atoms with Gasteiger partial charge < -0.3 is 5.73 Å². The van der Waals surface area contributed by atoms with Crippen molar-refractivity contribution in [2.75, 3.05) is 5.73 Å². The second kappa shape index (κ2) is 4.45. The summed E-state index contributed by atoms with van der Waals surface area (Å²) >= 11 is 0. The second-order valence-corrected chi connectivity index (χ2v) is 4.55. The molecule has 0 saturated heterocycles. The molecule has 0 radical (unpaired) electrons. The topological polar surface area (TPSA) is 60.9 Å². The van der Waals surface area contributed by atoms with Crippen LogP contribution in [0.4, 0.5) is 10.1 Å². The average molecular weight is 269 g/mol. The molecule has 0 bridgehead atoms. The predicted molar refractivity (Wildman–Crippen MR) is 76.4 cm³/mol. The highest BCUT2D eigenvalue weighted by molar-refractivity contribution is 5.78. The molecule has 0 fully saturated rings. The van der Waals surface area contributed by atoms with Gasteiger partial charge in [-0.15, -0.1) is 0 Å². The lowest BCUT2D eigenvalue weighted by Crippen LogP contribution is -2.22. The van der Waals surface area contributed by atoms with E-state index in [9.17, 15) is 9.18 Å². The van der Waals surface area contributed by atoms with E-state index in [0.717, 1.165) is 0 Å². The number of nitrogens with zero attached hydrogens (tertiary/aromatic N) is 2. The molecule has 20 heavy (non-hydrogen) atoms. The van der Waals surface area contributed by atoms with Crippen LogP contribution in [0, 0.1) is 12.7 Å². The number of benzene rings is 2. The average Bonchev–Trinajstić information content (AvgIpc) is 2.42. The number of hydrogen-bond acceptors (Lipinski definition) is 3. The molecule has 3 aromatic rings. The summed E-state index contributed by atoms with van der Waals surface area (Å²) in [6.07, 6.45) is 0. The van der Waals surface area contributed by atoms with E-state index < -0.39 is 5.82 Å². The first-order chi connectivity index (χ1) is 9.56. The van der Waals surface area contributed by atoms with E-state index in [2.05, 4.69) is 4.98 Å². The van der Waals surface area contributed by atoms with Crippen molar-refractivity contribution in [2.24, 2.45) is 0 Å². The van der Waals surface area contributed by atoms with Gasteiger partial charge >= 0.3 is 0 Å². The first-order valence-electron chi connectivity index (χ1n) is 6.11. The van der Waals surface area contributed by atoms with Gasteiger partial charge in [0.15, 0.2) is 0 Å². The van der Waals surface area contributed by atoms with Gasteiger partial charge in [-0.05, 0) is 49.4 Å². The summed E-state index contributed by atoms with van der Waals surface area (Å²) in [5, 5.41) is 0.257. The van der Waals surface area contributed by atoms with Crippen molar-refractivity contribution in [3.63, 3.8) is 0 Å². The molecule has 2 aromatic carbocycles. The molecule has 0 aliphatic heterocycles. The van der Waals surface area contributed by atoms with Crippen LogP contribution in [-0.4, -0.2) is 9.55 Å². The molecular weight excluding hydrogens is 257 g/mol. The normalized spacial score (nSPS) is 10.9. The van der Waals surface area contributed by atoms with Crippen molar-refractivity contribution in [2.45, 2.75) is 6.92 Å². The van der Waals surface area contributed by atoms with Gasteiger partial charge in [0.05, 0.1) is 16.6 Å². The van der Waals surface area contributed by atoms with Gasteiger partial charge in [-0.25, -0.2) is 9.37 Å². The Morgan fingerprint density at radius 3 is 2.55 bits per heavy atom. The predicted octanol–water partition coefficient (Wildman–Crippen LogP) is 2.42. The fourth-order valence-corrected chi connectivity index (χ4v) is 2.20. The number of anilines is 1. The highest BCUT2D eigenvalue weighted by Crippen LogP contribution is 2.15. The Hall–Kier alpha value is -2.69. The van der Waals surface area contributed by atoms with Gasteiger partial charge in [0.1, 0.15) is 11.6 Å². The van der Waals surface area contributed by atoms with E-state index in [1.165, 1.54) is 22.8 Å². The number of halogens is 1. The summed E-state index contributed by atoms with van der Waals surface area (Å²) < 4.78 is 14.8. The number of rotatable bonds is 1. The zero-order valence-electron chi connectivity index (χ0n) is 10.8. The van der Waals surface area contributed by atoms with Crippen LogP contribution in [0.1, 0.15) is 5.82 Å². The summed E-state index contributed by atoms with van der Waals surface area (Å²) in [6, 6.07) is 10.9. The highest BCUT2D eigenvalue weighted by atomic mass is 19.1. The molecule has 1 aromatic heterocycles. The quantitative estimate of drug-likeness (QED) is 0.690. The van der Waals surface area contributed by atoms with E-state index in [1.807, 2.05) is 0 Å². The molecule has 0 aliphatic carbocycles. The van der Waals surface area contributed by atoms with Crippen LogP contribution in [0.5, 0.6) is 0 Å². The van der Waals surface area contributed by atoms with Crippen LogP contribution in [0.25, 0.3) is 16.6 Å². The Balaban J connectivity index is 2.36. The summed E-state index contributed by atoms with van der Waals surface area (Å²) in [4.78, 5) is 16.9. The molecule has 2 N–H and O–H groups in total. The molecule has 0 amide bonds. The standard InChI is InChI=1S/C15H12FN3O/c1-9-18-14-7-2-10(16)8-13(14)15(20)19(9)12-5-3-11(17)4-6-12/h2-8H,17H2,1H3. The molecule has 3 rings (SSSR count). The summed E-state index contributed by atoms with van der Waals surface area (Å²) in [6.45, 7) is 1.74. The maximum atomic E-state index is 13.3. The molecule has 0 atom stereocenters. The van der Waals surface area contributed by atoms with Gasteiger partial charge in [-0.3, -0.25) is 9.36 Å². The van der Waals surface area contributed by atoms with Crippen molar-refractivity contribution in [1.82, 2.24) is 9.55 Å². The SMILES string of the molecule is Cc1nc2ccc(F)cc2c(=O)n1-c1ccc(N)cc1. The summed E-state index contributed by atoms with van der Waals surface area (Å²) in [7, 11) is 0. The Morgan fingerprint density at radius 1 is 1.15 bits per heavy atom. The molecule has 0 saturated carbocycles. The van der Waals surface area contributed by atoms with Crippen LogP contribution >= 0.6 is 0 Å². The minimum atomic E-state index is -0.455. The van der Waals surface area contributed by atoms with Gasteiger partial charge in [0, 0.05) is 5.69 Å². The molecule has 5 heteroatoms. The van der Waals surface area contributed by atoms with Crippen LogP contribution in [0.2, 0.25) is 0 Å². The fourth-order valence-electron chi connectivity index (χ4n) is 2.20. The third kappa shape index (κ3) is 1.93. The smallest absolute Gasteiger partial charge is 0.266 e. The lowest BCUT2D eigenvalue weighted by molar-refractivity contribution is 0.629. The van der Waals surface area contributed by atoms with E-state index in [1.54, 1.807) is 31.2 Å². The van der Waals surface area contributed by atoms with Crippen molar-refractivity contribution in [1.29, 1.82) is 0 Å². The van der Waals surface area contributed by atoms with E-state index in [-0.39, 0.29) is 10.9 Å². The van der Waals surface area contributed by atoms with Crippen LogP contribution < -0.4 is 11.3 Å². The lowest BCUT2D eigenvalue weighted by atomic mass is 10.2. The Kier molecular flexibility index (Phi) is 2.75. The third-order valence-corrected chi connectivity index (χ3v) is 3.15. The van der Waals surface area contributed by atoms with Crippen LogP contribution in [0.3, 0.4) is 0 Å². The number of nitrogen functional groups attached to an aromatic ring is 1.